The number of fused-ring (bicyclic) bond motifs is 2. The number of pyridine rings is 1. The SMILES string of the molecule is COc1ccc2c(c1)c(-c1cc3c(Nc4ccccc4)ccnc3[nH]1)cn2C. The monoisotopic (exact) mass is 368 g/mol. The Labute approximate surface area is 162 Å². The zero-order valence-electron chi connectivity index (χ0n) is 15.7. The van der Waals surface area contributed by atoms with Crippen molar-refractivity contribution in [1.29, 1.82) is 0 Å². The third kappa shape index (κ3) is 2.68. The second-order valence-corrected chi connectivity index (χ2v) is 6.83. The number of hydrogen-bond acceptors (Lipinski definition) is 3. The molecule has 0 atom stereocenters. The van der Waals surface area contributed by atoms with E-state index in [4.69, 9.17) is 4.74 Å². The van der Waals surface area contributed by atoms with E-state index in [9.17, 15) is 0 Å². The molecule has 0 radical (unpaired) electrons. The average molecular weight is 368 g/mol. The Bertz CT molecular complexity index is 1280. The number of aryl methyl sites for hydroxylation is 1. The van der Waals surface area contributed by atoms with Crippen LogP contribution in [-0.2, 0) is 7.05 Å². The molecule has 2 N–H and O–H groups in total. The number of para-hydroxylation sites is 1. The molecule has 138 valence electrons. The van der Waals surface area contributed by atoms with E-state index < -0.39 is 0 Å². The molecule has 5 heteroatoms. The minimum absolute atomic E-state index is 0.848. The molecule has 0 fully saturated rings. The van der Waals surface area contributed by atoms with E-state index in [-0.39, 0.29) is 0 Å². The maximum absolute atomic E-state index is 5.43. The van der Waals surface area contributed by atoms with Crippen molar-refractivity contribution in [2.75, 3.05) is 12.4 Å². The normalized spacial score (nSPS) is 11.2. The van der Waals surface area contributed by atoms with Crippen LogP contribution in [0.2, 0.25) is 0 Å². The summed E-state index contributed by atoms with van der Waals surface area (Å²) in [6, 6.07) is 20.5. The summed E-state index contributed by atoms with van der Waals surface area (Å²) < 4.78 is 7.56. The van der Waals surface area contributed by atoms with Crippen LogP contribution in [0, 0.1) is 0 Å². The van der Waals surface area contributed by atoms with Gasteiger partial charge >= 0.3 is 0 Å². The molecule has 0 aliphatic rings. The number of H-pyrrole nitrogens is 1. The lowest BCUT2D eigenvalue weighted by Gasteiger charge is -2.06. The molecule has 0 aliphatic heterocycles. The van der Waals surface area contributed by atoms with Crippen LogP contribution in [0.5, 0.6) is 5.75 Å². The number of hydrogen-bond donors (Lipinski definition) is 2. The molecule has 5 nitrogen and oxygen atoms in total. The second-order valence-electron chi connectivity index (χ2n) is 6.83. The average Bonchev–Trinajstić information content (AvgIpc) is 3.30. The third-order valence-electron chi connectivity index (χ3n) is 5.07. The van der Waals surface area contributed by atoms with Crippen molar-refractivity contribution >= 4 is 33.3 Å². The Morgan fingerprint density at radius 1 is 1.00 bits per heavy atom. The predicted molar refractivity (Wildman–Crippen MR) is 114 cm³/mol. The molecule has 3 heterocycles. The van der Waals surface area contributed by atoms with Gasteiger partial charge in [-0.15, -0.1) is 0 Å². The molecule has 5 aromatic rings. The smallest absolute Gasteiger partial charge is 0.139 e. The molecule has 0 bridgehead atoms. The van der Waals surface area contributed by atoms with Crippen molar-refractivity contribution in [2.24, 2.45) is 7.05 Å². The van der Waals surface area contributed by atoms with Gasteiger partial charge in [0.15, 0.2) is 0 Å². The highest BCUT2D eigenvalue weighted by molar-refractivity contribution is 6.01. The Kier molecular flexibility index (Phi) is 3.79. The third-order valence-corrected chi connectivity index (χ3v) is 5.07. The minimum atomic E-state index is 0.848. The number of ether oxygens (including phenoxy) is 1. The number of methoxy groups -OCH3 is 1. The van der Waals surface area contributed by atoms with Gasteiger partial charge in [-0.2, -0.15) is 0 Å². The van der Waals surface area contributed by atoms with Crippen LogP contribution in [-0.4, -0.2) is 21.6 Å². The molecule has 0 aliphatic carbocycles. The first-order valence-electron chi connectivity index (χ1n) is 9.16. The highest BCUT2D eigenvalue weighted by atomic mass is 16.5. The van der Waals surface area contributed by atoms with Crippen molar-refractivity contribution in [3.05, 3.63) is 73.1 Å². The van der Waals surface area contributed by atoms with Crippen LogP contribution in [0.4, 0.5) is 11.4 Å². The molecule has 0 amide bonds. The van der Waals surface area contributed by atoms with Crippen molar-refractivity contribution in [2.45, 2.75) is 0 Å². The van der Waals surface area contributed by atoms with E-state index in [1.165, 1.54) is 0 Å². The zero-order chi connectivity index (χ0) is 19.1. The summed E-state index contributed by atoms with van der Waals surface area (Å²) in [5.74, 6) is 0.848. The quantitative estimate of drug-likeness (QED) is 0.442. The molecule has 0 saturated heterocycles. The minimum Gasteiger partial charge on any atom is -0.497 e. The predicted octanol–water partition coefficient (Wildman–Crippen LogP) is 5.47. The fourth-order valence-corrected chi connectivity index (χ4v) is 3.67. The van der Waals surface area contributed by atoms with Crippen molar-refractivity contribution in [1.82, 2.24) is 14.5 Å². The van der Waals surface area contributed by atoms with Crippen LogP contribution in [0.1, 0.15) is 0 Å². The highest BCUT2D eigenvalue weighted by Crippen LogP contribution is 2.35. The first-order chi connectivity index (χ1) is 13.7. The second kappa shape index (κ2) is 6.46. The number of aromatic amines is 1. The summed E-state index contributed by atoms with van der Waals surface area (Å²) in [5, 5.41) is 5.69. The highest BCUT2D eigenvalue weighted by Gasteiger charge is 2.14. The number of aromatic nitrogens is 3. The Morgan fingerprint density at radius 2 is 1.86 bits per heavy atom. The van der Waals surface area contributed by atoms with E-state index >= 15 is 0 Å². The maximum atomic E-state index is 5.43. The number of anilines is 2. The number of nitrogens with one attached hydrogen (secondary N) is 2. The zero-order valence-corrected chi connectivity index (χ0v) is 15.7. The number of benzene rings is 2. The first-order valence-corrected chi connectivity index (χ1v) is 9.16. The Hall–Kier alpha value is -3.73. The van der Waals surface area contributed by atoms with Gasteiger partial charge in [0.25, 0.3) is 0 Å². The maximum Gasteiger partial charge on any atom is 0.139 e. The van der Waals surface area contributed by atoms with Crippen LogP contribution >= 0.6 is 0 Å². The molecule has 0 saturated carbocycles. The lowest BCUT2D eigenvalue weighted by Crippen LogP contribution is -1.90. The summed E-state index contributed by atoms with van der Waals surface area (Å²) >= 11 is 0. The lowest BCUT2D eigenvalue weighted by molar-refractivity contribution is 0.415. The van der Waals surface area contributed by atoms with Gasteiger partial charge in [-0.05, 0) is 42.5 Å². The standard InChI is InChI=1S/C23H20N4O/c1-27-14-19(17-12-16(28-2)8-9-22(17)27)21-13-18-20(10-11-24-23(18)26-21)25-15-6-4-3-5-7-15/h3-14H,1-2H3,(H2,24,25,26). The topological polar surface area (TPSA) is 54.9 Å². The number of rotatable bonds is 4. The van der Waals surface area contributed by atoms with Crippen LogP contribution in [0.15, 0.2) is 73.1 Å². The first kappa shape index (κ1) is 16.4. The fourth-order valence-electron chi connectivity index (χ4n) is 3.67. The summed E-state index contributed by atoms with van der Waals surface area (Å²) in [6.07, 6.45) is 3.96. The molecule has 0 spiro atoms. The Morgan fingerprint density at radius 3 is 2.68 bits per heavy atom. The molecule has 3 aromatic heterocycles. The van der Waals surface area contributed by atoms with Gasteiger partial charge in [0.2, 0.25) is 0 Å². The summed E-state index contributed by atoms with van der Waals surface area (Å²) in [5.41, 5.74) is 6.24. The lowest BCUT2D eigenvalue weighted by atomic mass is 10.1. The van der Waals surface area contributed by atoms with Crippen molar-refractivity contribution in [3.8, 4) is 17.0 Å². The van der Waals surface area contributed by atoms with Crippen LogP contribution in [0.3, 0.4) is 0 Å². The molecular weight excluding hydrogens is 348 g/mol. The van der Waals surface area contributed by atoms with Crippen LogP contribution in [0.25, 0.3) is 33.2 Å². The van der Waals surface area contributed by atoms with E-state index in [0.29, 0.717) is 0 Å². The van der Waals surface area contributed by atoms with Gasteiger partial charge in [0.1, 0.15) is 11.4 Å². The molecule has 2 aromatic carbocycles. The largest absolute Gasteiger partial charge is 0.497 e. The van der Waals surface area contributed by atoms with E-state index in [1.807, 2.05) is 36.5 Å². The van der Waals surface area contributed by atoms with Gasteiger partial charge in [-0.3, -0.25) is 0 Å². The van der Waals surface area contributed by atoms with Crippen molar-refractivity contribution in [3.63, 3.8) is 0 Å². The van der Waals surface area contributed by atoms with Crippen molar-refractivity contribution < 1.29 is 4.74 Å². The fraction of sp³-hybridized carbons (Fsp3) is 0.0870. The van der Waals surface area contributed by atoms with Gasteiger partial charge in [0, 0.05) is 52.7 Å². The van der Waals surface area contributed by atoms with Gasteiger partial charge < -0.3 is 19.6 Å². The van der Waals surface area contributed by atoms with E-state index in [0.717, 1.165) is 50.3 Å². The van der Waals surface area contributed by atoms with Gasteiger partial charge in [0.05, 0.1) is 12.8 Å². The molecular formula is C23H20N4O. The molecule has 0 unspecified atom stereocenters. The van der Waals surface area contributed by atoms with Crippen LogP contribution < -0.4 is 10.1 Å². The molecule has 28 heavy (non-hydrogen) atoms. The van der Waals surface area contributed by atoms with Gasteiger partial charge in [-0.1, -0.05) is 18.2 Å². The summed E-state index contributed by atoms with van der Waals surface area (Å²) in [6.45, 7) is 0. The van der Waals surface area contributed by atoms with E-state index in [2.05, 4.69) is 63.4 Å². The Balaban J connectivity index is 1.65. The summed E-state index contributed by atoms with van der Waals surface area (Å²) in [4.78, 5) is 8.00. The van der Waals surface area contributed by atoms with E-state index in [1.54, 1.807) is 7.11 Å². The summed E-state index contributed by atoms with van der Waals surface area (Å²) in [7, 11) is 3.75. The van der Waals surface area contributed by atoms with Gasteiger partial charge in [-0.25, -0.2) is 4.98 Å². The molecule has 5 rings (SSSR count). The number of nitrogens with zero attached hydrogens (tertiary/aromatic N) is 2.